The van der Waals surface area contributed by atoms with Crippen LogP contribution in [0.15, 0.2) is 78.2 Å². The van der Waals surface area contributed by atoms with Crippen LogP contribution >= 0.6 is 0 Å². The standard InChI is InChI=1S/C18H15N3/c1-2-6-17-15(5-1)13-19-20-18(17)14-7-9-16(10-8-14)21-11-3-4-12-21/h1-13,18,20H. The van der Waals surface area contributed by atoms with E-state index in [0.29, 0.717) is 0 Å². The highest BCUT2D eigenvalue weighted by Crippen LogP contribution is 2.27. The lowest BCUT2D eigenvalue weighted by Gasteiger charge is -2.23. The third-order valence-corrected chi connectivity index (χ3v) is 3.84. The summed E-state index contributed by atoms with van der Waals surface area (Å²) in [5.41, 5.74) is 8.03. The van der Waals surface area contributed by atoms with E-state index in [1.807, 2.05) is 36.8 Å². The summed E-state index contributed by atoms with van der Waals surface area (Å²) in [5.74, 6) is 0. The zero-order chi connectivity index (χ0) is 14.1. The van der Waals surface area contributed by atoms with E-state index >= 15 is 0 Å². The Labute approximate surface area is 123 Å². The second-order valence-electron chi connectivity index (χ2n) is 5.13. The summed E-state index contributed by atoms with van der Waals surface area (Å²) in [6.45, 7) is 0. The van der Waals surface area contributed by atoms with Crippen LogP contribution in [0.2, 0.25) is 0 Å². The van der Waals surface area contributed by atoms with Gasteiger partial charge in [-0.2, -0.15) is 5.10 Å². The maximum Gasteiger partial charge on any atom is 0.0946 e. The highest BCUT2D eigenvalue weighted by molar-refractivity contribution is 5.83. The molecule has 0 fully saturated rings. The Balaban J connectivity index is 1.70. The molecule has 21 heavy (non-hydrogen) atoms. The Kier molecular flexibility index (Phi) is 2.82. The first-order chi connectivity index (χ1) is 10.4. The van der Waals surface area contributed by atoms with E-state index in [2.05, 4.69) is 57.6 Å². The van der Waals surface area contributed by atoms with Crippen LogP contribution in [0.1, 0.15) is 22.7 Å². The molecule has 3 heteroatoms. The highest BCUT2D eigenvalue weighted by atomic mass is 15.3. The summed E-state index contributed by atoms with van der Waals surface area (Å²) >= 11 is 0. The molecular weight excluding hydrogens is 258 g/mol. The van der Waals surface area contributed by atoms with Crippen LogP contribution in [0, 0.1) is 0 Å². The van der Waals surface area contributed by atoms with Gasteiger partial charge >= 0.3 is 0 Å². The molecule has 3 nitrogen and oxygen atoms in total. The molecule has 102 valence electrons. The van der Waals surface area contributed by atoms with Crippen molar-refractivity contribution < 1.29 is 0 Å². The van der Waals surface area contributed by atoms with E-state index in [1.54, 1.807) is 0 Å². The molecule has 0 amide bonds. The Morgan fingerprint density at radius 1 is 0.857 bits per heavy atom. The van der Waals surface area contributed by atoms with Crippen LogP contribution in [-0.4, -0.2) is 10.8 Å². The second kappa shape index (κ2) is 4.94. The number of hydrazone groups is 1. The van der Waals surface area contributed by atoms with E-state index < -0.39 is 0 Å². The Hall–Kier alpha value is -2.81. The van der Waals surface area contributed by atoms with Crippen molar-refractivity contribution in [3.8, 4) is 5.69 Å². The van der Waals surface area contributed by atoms with Crippen LogP contribution in [0.5, 0.6) is 0 Å². The molecule has 0 aliphatic carbocycles. The monoisotopic (exact) mass is 273 g/mol. The molecule has 1 aliphatic rings. The molecular formula is C18H15N3. The zero-order valence-electron chi connectivity index (χ0n) is 11.5. The summed E-state index contributed by atoms with van der Waals surface area (Å²) in [6.07, 6.45) is 5.97. The number of hydrogen-bond donors (Lipinski definition) is 1. The van der Waals surface area contributed by atoms with E-state index in [-0.39, 0.29) is 6.04 Å². The molecule has 4 rings (SSSR count). The molecule has 0 radical (unpaired) electrons. The average Bonchev–Trinajstić information content (AvgIpc) is 3.09. The number of nitrogens with one attached hydrogen (secondary N) is 1. The van der Waals surface area contributed by atoms with Gasteiger partial charge in [0.1, 0.15) is 0 Å². The van der Waals surface area contributed by atoms with Crippen LogP contribution in [-0.2, 0) is 0 Å². The fourth-order valence-corrected chi connectivity index (χ4v) is 2.74. The van der Waals surface area contributed by atoms with Crippen LogP contribution in [0.4, 0.5) is 0 Å². The third kappa shape index (κ3) is 2.13. The van der Waals surface area contributed by atoms with E-state index in [4.69, 9.17) is 0 Å². The summed E-state index contributed by atoms with van der Waals surface area (Å²) in [4.78, 5) is 0. The molecule has 1 unspecified atom stereocenters. The number of hydrogen-bond acceptors (Lipinski definition) is 2. The third-order valence-electron chi connectivity index (χ3n) is 3.84. The van der Waals surface area contributed by atoms with Gasteiger partial charge in [0.2, 0.25) is 0 Å². The minimum absolute atomic E-state index is 0.116. The van der Waals surface area contributed by atoms with Gasteiger partial charge in [0.15, 0.2) is 0 Å². The van der Waals surface area contributed by atoms with E-state index in [1.165, 1.54) is 16.7 Å². The first-order valence-electron chi connectivity index (χ1n) is 7.03. The summed E-state index contributed by atoms with van der Waals surface area (Å²) in [6, 6.07) is 21.1. The number of aromatic nitrogens is 1. The first-order valence-corrected chi connectivity index (χ1v) is 7.03. The van der Waals surface area contributed by atoms with Crippen molar-refractivity contribution in [3.05, 3.63) is 89.7 Å². The molecule has 2 heterocycles. The normalized spacial score (nSPS) is 16.3. The molecule has 1 aromatic heterocycles. The van der Waals surface area contributed by atoms with Gasteiger partial charge in [-0.3, -0.25) is 5.43 Å². The van der Waals surface area contributed by atoms with E-state index in [9.17, 15) is 0 Å². The van der Waals surface area contributed by atoms with Gasteiger partial charge in [-0.15, -0.1) is 0 Å². The Bertz CT molecular complexity index is 770. The van der Waals surface area contributed by atoms with E-state index in [0.717, 1.165) is 5.69 Å². The minimum atomic E-state index is 0.116. The fourth-order valence-electron chi connectivity index (χ4n) is 2.74. The minimum Gasteiger partial charge on any atom is -0.324 e. The maximum atomic E-state index is 4.27. The topological polar surface area (TPSA) is 29.3 Å². The Morgan fingerprint density at radius 3 is 2.43 bits per heavy atom. The smallest absolute Gasteiger partial charge is 0.0946 e. The van der Waals surface area contributed by atoms with Gasteiger partial charge in [0.05, 0.1) is 12.3 Å². The predicted molar refractivity (Wildman–Crippen MR) is 84.8 cm³/mol. The van der Waals surface area contributed by atoms with Gasteiger partial charge in [0, 0.05) is 23.6 Å². The maximum absolute atomic E-state index is 4.27. The molecule has 0 spiro atoms. The van der Waals surface area contributed by atoms with Crippen molar-refractivity contribution in [2.24, 2.45) is 5.10 Å². The van der Waals surface area contributed by atoms with Crippen molar-refractivity contribution in [2.75, 3.05) is 0 Å². The lowest BCUT2D eigenvalue weighted by molar-refractivity contribution is 0.631. The predicted octanol–water partition coefficient (Wildman–Crippen LogP) is 3.50. The number of benzene rings is 2. The summed E-state index contributed by atoms with van der Waals surface area (Å²) in [7, 11) is 0. The molecule has 3 aromatic rings. The molecule has 1 N–H and O–H groups in total. The lowest BCUT2D eigenvalue weighted by Crippen LogP contribution is -2.22. The average molecular weight is 273 g/mol. The summed E-state index contributed by atoms with van der Waals surface area (Å²) < 4.78 is 2.10. The molecule has 1 aliphatic heterocycles. The molecule has 0 saturated heterocycles. The molecule has 1 atom stereocenters. The first kappa shape index (κ1) is 12.0. The van der Waals surface area contributed by atoms with Crippen molar-refractivity contribution in [1.29, 1.82) is 0 Å². The number of rotatable bonds is 2. The van der Waals surface area contributed by atoms with Gasteiger partial charge in [-0.05, 0) is 35.4 Å². The van der Waals surface area contributed by atoms with Crippen molar-refractivity contribution >= 4 is 6.21 Å². The van der Waals surface area contributed by atoms with Crippen LogP contribution in [0.25, 0.3) is 5.69 Å². The second-order valence-corrected chi connectivity index (χ2v) is 5.13. The van der Waals surface area contributed by atoms with Gasteiger partial charge < -0.3 is 4.57 Å². The quantitative estimate of drug-likeness (QED) is 0.760. The van der Waals surface area contributed by atoms with Crippen molar-refractivity contribution in [1.82, 2.24) is 9.99 Å². The SMILES string of the molecule is C1=NNC(c2ccc(-n3cccc3)cc2)c2ccccc21. The van der Waals surface area contributed by atoms with Crippen molar-refractivity contribution in [2.45, 2.75) is 6.04 Å². The molecule has 0 saturated carbocycles. The molecule has 0 bridgehead atoms. The number of nitrogens with zero attached hydrogens (tertiary/aromatic N) is 2. The van der Waals surface area contributed by atoms with Gasteiger partial charge in [-0.1, -0.05) is 36.4 Å². The zero-order valence-corrected chi connectivity index (χ0v) is 11.5. The fraction of sp³-hybridized carbons (Fsp3) is 0.0556. The van der Waals surface area contributed by atoms with Crippen molar-refractivity contribution in [3.63, 3.8) is 0 Å². The number of fused-ring (bicyclic) bond motifs is 1. The lowest BCUT2D eigenvalue weighted by atomic mass is 9.94. The largest absolute Gasteiger partial charge is 0.324 e. The molecule has 2 aromatic carbocycles. The highest BCUT2D eigenvalue weighted by Gasteiger charge is 2.18. The van der Waals surface area contributed by atoms with Gasteiger partial charge in [0.25, 0.3) is 0 Å². The van der Waals surface area contributed by atoms with Crippen LogP contribution < -0.4 is 5.43 Å². The Morgan fingerprint density at radius 2 is 1.62 bits per heavy atom. The van der Waals surface area contributed by atoms with Gasteiger partial charge in [-0.25, -0.2) is 0 Å². The van der Waals surface area contributed by atoms with Crippen LogP contribution in [0.3, 0.4) is 0 Å². The summed E-state index contributed by atoms with van der Waals surface area (Å²) in [5, 5.41) is 4.27.